The van der Waals surface area contributed by atoms with E-state index in [2.05, 4.69) is 144 Å². The van der Waals surface area contributed by atoms with Gasteiger partial charge in [0.25, 0.3) is 0 Å². The molecular formula is C37H28N2S. The van der Waals surface area contributed by atoms with E-state index in [1.54, 1.807) is 0 Å². The lowest BCUT2D eigenvalue weighted by Crippen LogP contribution is -2.29. The SMILES string of the molecule is C=c1/c(=c2\c(=C/C)n(C3C=c4c(sc5ccccc45)=CC3)c3ccccc23)n(-c2ccccc2)c2ccccc12. The Labute approximate surface area is 235 Å². The van der Waals surface area contributed by atoms with Crippen LogP contribution in [0, 0.1) is 10.6 Å². The fourth-order valence-electron chi connectivity index (χ4n) is 6.66. The first-order valence-electron chi connectivity index (χ1n) is 13.9. The summed E-state index contributed by atoms with van der Waals surface area (Å²) in [6.07, 6.45) is 8.19. The topological polar surface area (TPSA) is 9.86 Å². The van der Waals surface area contributed by atoms with E-state index in [4.69, 9.17) is 0 Å². The van der Waals surface area contributed by atoms with Crippen LogP contribution in [0.25, 0.3) is 62.4 Å². The number of thiophene rings is 1. The zero-order chi connectivity index (χ0) is 26.8. The van der Waals surface area contributed by atoms with E-state index in [9.17, 15) is 0 Å². The van der Waals surface area contributed by atoms with Crippen molar-refractivity contribution in [2.45, 2.75) is 19.4 Å². The zero-order valence-electron chi connectivity index (χ0n) is 22.3. The number of hydrogen-bond acceptors (Lipinski definition) is 1. The Morgan fingerprint density at radius 1 is 0.775 bits per heavy atom. The Balaban J connectivity index is 1.57. The average Bonchev–Trinajstić information content (AvgIpc) is 3.64. The van der Waals surface area contributed by atoms with Gasteiger partial charge in [-0.15, -0.1) is 11.3 Å². The van der Waals surface area contributed by atoms with Crippen LogP contribution in [0.15, 0.2) is 103 Å². The van der Waals surface area contributed by atoms with Gasteiger partial charge in [0.1, 0.15) is 0 Å². The highest BCUT2D eigenvalue weighted by molar-refractivity contribution is 7.17. The molecule has 3 aromatic heterocycles. The molecule has 0 saturated heterocycles. The summed E-state index contributed by atoms with van der Waals surface area (Å²) < 4.78 is 7.71. The molecule has 0 radical (unpaired) electrons. The summed E-state index contributed by atoms with van der Waals surface area (Å²) in [4.78, 5) is 0. The summed E-state index contributed by atoms with van der Waals surface area (Å²) in [5, 5.41) is 9.89. The lowest BCUT2D eigenvalue weighted by atomic mass is 10.1. The van der Waals surface area contributed by atoms with Gasteiger partial charge in [-0.05, 0) is 48.9 Å². The first-order chi connectivity index (χ1) is 19.7. The minimum Gasteiger partial charge on any atom is -0.333 e. The number of hydrogen-bond donors (Lipinski definition) is 0. The van der Waals surface area contributed by atoms with Gasteiger partial charge < -0.3 is 9.13 Å². The highest BCUT2D eigenvalue weighted by atomic mass is 32.1. The summed E-state index contributed by atoms with van der Waals surface area (Å²) in [5.41, 5.74) is 3.58. The van der Waals surface area contributed by atoms with Gasteiger partial charge in [0.05, 0.1) is 16.9 Å². The maximum Gasteiger partial charge on any atom is 0.0635 e. The highest BCUT2D eigenvalue weighted by Crippen LogP contribution is 2.26. The fraction of sp³-hybridized carbons (Fsp3) is 0.0811. The standard InChI is InChI=1S/C37H28N2S/c1-3-31-36(37-24(2)27-15-7-10-18-32(27)39(37)25-13-5-4-6-14-25)29-17-8-11-19-33(29)38(31)26-21-22-35-30(23-26)28-16-9-12-20-34(28)40-35/h3-20,22-23,26H,2,21H2,1H3/b31-3+,37-36+. The molecular weight excluding hydrogens is 504 g/mol. The van der Waals surface area contributed by atoms with E-state index in [0.717, 1.165) is 22.7 Å². The monoisotopic (exact) mass is 532 g/mol. The van der Waals surface area contributed by atoms with Gasteiger partial charge >= 0.3 is 0 Å². The molecule has 1 aliphatic carbocycles. The maximum absolute atomic E-state index is 4.68. The molecule has 0 aliphatic heterocycles. The molecule has 192 valence electrons. The maximum atomic E-state index is 4.68. The third-order valence-electron chi connectivity index (χ3n) is 8.35. The Bertz CT molecular complexity index is 2440. The minimum atomic E-state index is 0.221. The van der Waals surface area contributed by atoms with Crippen molar-refractivity contribution in [3.63, 3.8) is 0 Å². The third-order valence-corrected chi connectivity index (χ3v) is 9.53. The minimum absolute atomic E-state index is 0.221. The molecule has 1 aliphatic rings. The van der Waals surface area contributed by atoms with Crippen LogP contribution in [-0.4, -0.2) is 9.13 Å². The van der Waals surface area contributed by atoms with Crippen LogP contribution in [0.3, 0.4) is 0 Å². The van der Waals surface area contributed by atoms with Gasteiger partial charge in [0, 0.05) is 52.4 Å². The quantitative estimate of drug-likeness (QED) is 0.240. The highest BCUT2D eigenvalue weighted by Gasteiger charge is 2.19. The zero-order valence-corrected chi connectivity index (χ0v) is 23.2. The second-order valence-electron chi connectivity index (χ2n) is 10.5. The molecule has 3 heterocycles. The number of rotatable bonds is 2. The van der Waals surface area contributed by atoms with Crippen LogP contribution in [0.2, 0.25) is 0 Å². The molecule has 0 N–H and O–H groups in total. The summed E-state index contributed by atoms with van der Waals surface area (Å²) >= 11 is 1.90. The van der Waals surface area contributed by atoms with Crippen molar-refractivity contribution >= 4 is 68.0 Å². The van der Waals surface area contributed by atoms with Crippen LogP contribution in [0.5, 0.6) is 0 Å². The molecule has 40 heavy (non-hydrogen) atoms. The molecule has 3 heteroatoms. The molecule has 7 aromatic rings. The summed E-state index contributed by atoms with van der Waals surface area (Å²) in [7, 11) is 0. The third kappa shape index (κ3) is 3.28. The van der Waals surface area contributed by atoms with Gasteiger partial charge in [-0.25, -0.2) is 0 Å². The van der Waals surface area contributed by atoms with Crippen molar-refractivity contribution in [1.29, 1.82) is 0 Å². The van der Waals surface area contributed by atoms with E-state index in [-0.39, 0.29) is 6.04 Å². The number of aromatic nitrogens is 2. The van der Waals surface area contributed by atoms with Crippen molar-refractivity contribution in [1.82, 2.24) is 9.13 Å². The van der Waals surface area contributed by atoms with Crippen LogP contribution in [0.1, 0.15) is 19.4 Å². The molecule has 0 spiro atoms. The van der Waals surface area contributed by atoms with Crippen molar-refractivity contribution in [3.05, 3.63) is 134 Å². The summed E-state index contributed by atoms with van der Waals surface area (Å²) in [5.74, 6) is 0. The molecule has 2 nitrogen and oxygen atoms in total. The largest absolute Gasteiger partial charge is 0.333 e. The Morgan fingerprint density at radius 2 is 1.45 bits per heavy atom. The summed E-state index contributed by atoms with van der Waals surface area (Å²) in [6, 6.07) is 37.2. The van der Waals surface area contributed by atoms with Crippen LogP contribution in [-0.2, 0) is 0 Å². The lowest BCUT2D eigenvalue weighted by molar-refractivity contribution is 0.656. The van der Waals surface area contributed by atoms with Crippen molar-refractivity contribution in [2.75, 3.05) is 0 Å². The van der Waals surface area contributed by atoms with Gasteiger partial charge in [0.15, 0.2) is 0 Å². The smallest absolute Gasteiger partial charge is 0.0635 e. The Morgan fingerprint density at radius 3 is 2.25 bits per heavy atom. The van der Waals surface area contributed by atoms with E-state index in [0.29, 0.717) is 0 Å². The second kappa shape index (κ2) is 8.97. The number of fused-ring (bicyclic) bond motifs is 5. The van der Waals surface area contributed by atoms with Gasteiger partial charge in [-0.2, -0.15) is 0 Å². The Hall–Kier alpha value is -4.60. The molecule has 4 aromatic carbocycles. The second-order valence-corrected chi connectivity index (χ2v) is 11.6. The Kier molecular flexibility index (Phi) is 5.23. The van der Waals surface area contributed by atoms with Crippen molar-refractivity contribution in [3.8, 4) is 5.69 Å². The van der Waals surface area contributed by atoms with Gasteiger partial charge in [0.2, 0.25) is 0 Å². The molecule has 0 amide bonds. The van der Waals surface area contributed by atoms with Crippen molar-refractivity contribution in [2.24, 2.45) is 0 Å². The number of para-hydroxylation sites is 3. The molecule has 1 atom stereocenters. The summed E-state index contributed by atoms with van der Waals surface area (Å²) in [6.45, 7) is 6.85. The molecule has 0 fully saturated rings. The molecule has 0 saturated carbocycles. The predicted octanol–water partition coefficient (Wildman–Crippen LogP) is 6.50. The van der Waals surface area contributed by atoms with Crippen molar-refractivity contribution < 1.29 is 0 Å². The van der Waals surface area contributed by atoms with Crippen LogP contribution in [0.4, 0.5) is 0 Å². The number of nitrogens with zero attached hydrogens (tertiary/aromatic N) is 2. The normalized spacial score (nSPS) is 16.3. The number of benzene rings is 4. The van der Waals surface area contributed by atoms with E-state index >= 15 is 0 Å². The van der Waals surface area contributed by atoms with Crippen LogP contribution < -0.4 is 20.3 Å². The lowest BCUT2D eigenvalue weighted by Gasteiger charge is -2.18. The first kappa shape index (κ1) is 23.3. The van der Waals surface area contributed by atoms with Crippen LogP contribution >= 0.6 is 11.3 Å². The fourth-order valence-corrected chi connectivity index (χ4v) is 7.80. The molecule has 0 bridgehead atoms. The molecule has 8 rings (SSSR count). The van der Waals surface area contributed by atoms with Gasteiger partial charge in [-0.3, -0.25) is 0 Å². The van der Waals surface area contributed by atoms with E-state index in [1.165, 1.54) is 52.2 Å². The van der Waals surface area contributed by atoms with Gasteiger partial charge in [-0.1, -0.05) is 97.6 Å². The predicted molar refractivity (Wildman–Crippen MR) is 171 cm³/mol. The average molecular weight is 533 g/mol. The molecule has 1 unspecified atom stereocenters. The van der Waals surface area contributed by atoms with E-state index in [1.807, 2.05) is 11.3 Å². The van der Waals surface area contributed by atoms with E-state index < -0.39 is 0 Å². The first-order valence-corrected chi connectivity index (χ1v) is 14.7.